The molecule has 5 nitrogen and oxygen atoms in total. The molecule has 1 heterocycles. The minimum atomic E-state index is -0.508. The zero-order valence-electron chi connectivity index (χ0n) is 18.6. The van der Waals surface area contributed by atoms with Crippen molar-refractivity contribution in [3.63, 3.8) is 0 Å². The summed E-state index contributed by atoms with van der Waals surface area (Å²) >= 11 is 18.4. The first-order valence-electron chi connectivity index (χ1n) is 10.7. The van der Waals surface area contributed by atoms with Crippen LogP contribution in [0.2, 0.25) is 15.1 Å². The van der Waals surface area contributed by atoms with Crippen molar-refractivity contribution in [2.24, 2.45) is 7.05 Å². The number of amides is 1. The molecule has 0 radical (unpaired) electrons. The molecule has 0 aliphatic carbocycles. The molecule has 4 rings (SSSR count). The Balaban J connectivity index is 1.77. The Morgan fingerprint density at radius 3 is 2.44 bits per heavy atom. The molecule has 34 heavy (non-hydrogen) atoms. The van der Waals surface area contributed by atoms with Gasteiger partial charge in [-0.15, -0.1) is 0 Å². The van der Waals surface area contributed by atoms with Crippen molar-refractivity contribution in [3.05, 3.63) is 109 Å². The van der Waals surface area contributed by atoms with Crippen LogP contribution in [0, 0.1) is 0 Å². The predicted octanol–water partition coefficient (Wildman–Crippen LogP) is 6.34. The molecule has 0 bridgehead atoms. The topological polar surface area (TPSA) is 55.2 Å². The molecule has 1 atom stereocenters. The molecule has 174 valence electrons. The van der Waals surface area contributed by atoms with E-state index in [4.69, 9.17) is 39.8 Å². The number of carbonyl (C=O) groups is 1. The molecule has 3 aromatic carbocycles. The number of hydrogen-bond donors (Lipinski definition) is 0. The van der Waals surface area contributed by atoms with Crippen LogP contribution >= 0.6 is 34.8 Å². The molecule has 1 amide bonds. The van der Waals surface area contributed by atoms with Gasteiger partial charge in [0, 0.05) is 24.2 Å². The molecule has 0 aliphatic heterocycles. The molecular formula is C26H22Cl3N3O2. The SMILES string of the molecule is CC(c1nc2cc(Cl)ccc2c(=O)n1C)N(CCc1ccccc1)C(=O)c1ccc(Cl)c(Cl)c1. The number of fused-ring (bicyclic) bond motifs is 1. The number of aromatic nitrogens is 2. The highest BCUT2D eigenvalue weighted by Crippen LogP contribution is 2.27. The Morgan fingerprint density at radius 2 is 1.74 bits per heavy atom. The summed E-state index contributed by atoms with van der Waals surface area (Å²) in [6, 6.07) is 19.2. The Bertz CT molecular complexity index is 1420. The van der Waals surface area contributed by atoms with Crippen LogP contribution in [0.15, 0.2) is 71.5 Å². The van der Waals surface area contributed by atoms with Gasteiger partial charge in [0.05, 0.1) is 27.0 Å². The number of rotatable bonds is 6. The van der Waals surface area contributed by atoms with E-state index in [-0.39, 0.29) is 11.5 Å². The monoisotopic (exact) mass is 513 g/mol. The summed E-state index contributed by atoms with van der Waals surface area (Å²) < 4.78 is 1.48. The van der Waals surface area contributed by atoms with Crippen LogP contribution in [0.3, 0.4) is 0 Å². The first-order valence-corrected chi connectivity index (χ1v) is 11.9. The summed E-state index contributed by atoms with van der Waals surface area (Å²) in [6.45, 7) is 2.27. The number of halogens is 3. The minimum Gasteiger partial charge on any atom is -0.328 e. The molecule has 0 saturated heterocycles. The van der Waals surface area contributed by atoms with Crippen molar-refractivity contribution in [1.82, 2.24) is 14.5 Å². The first-order chi connectivity index (χ1) is 16.3. The Kier molecular flexibility index (Phi) is 7.27. The maximum Gasteiger partial charge on any atom is 0.261 e. The van der Waals surface area contributed by atoms with E-state index < -0.39 is 6.04 Å². The quantitative estimate of drug-likeness (QED) is 0.302. The maximum absolute atomic E-state index is 13.6. The van der Waals surface area contributed by atoms with E-state index >= 15 is 0 Å². The highest BCUT2D eigenvalue weighted by Gasteiger charge is 2.26. The smallest absolute Gasteiger partial charge is 0.261 e. The Labute approximate surface area is 212 Å². The normalized spacial score (nSPS) is 12.0. The molecule has 0 fully saturated rings. The van der Waals surface area contributed by atoms with Gasteiger partial charge in [0.2, 0.25) is 0 Å². The lowest BCUT2D eigenvalue weighted by atomic mass is 10.1. The average Bonchev–Trinajstić information content (AvgIpc) is 2.83. The lowest BCUT2D eigenvalue weighted by molar-refractivity contribution is 0.0682. The second kappa shape index (κ2) is 10.2. The molecule has 8 heteroatoms. The molecule has 4 aromatic rings. The van der Waals surface area contributed by atoms with Crippen LogP contribution in [0.25, 0.3) is 10.9 Å². The van der Waals surface area contributed by atoms with Crippen molar-refractivity contribution < 1.29 is 4.79 Å². The largest absolute Gasteiger partial charge is 0.328 e. The summed E-state index contributed by atoms with van der Waals surface area (Å²) in [6.07, 6.45) is 0.631. The van der Waals surface area contributed by atoms with E-state index in [0.717, 1.165) is 5.56 Å². The number of nitrogens with zero attached hydrogens (tertiary/aromatic N) is 3. The molecule has 0 N–H and O–H groups in total. The Hall–Kier alpha value is -2.86. The van der Waals surface area contributed by atoms with Crippen LogP contribution in [-0.2, 0) is 13.5 Å². The van der Waals surface area contributed by atoms with E-state index in [1.54, 1.807) is 48.3 Å². The molecule has 0 aliphatic rings. The van der Waals surface area contributed by atoms with Crippen LogP contribution in [0.5, 0.6) is 0 Å². The number of benzene rings is 3. The van der Waals surface area contributed by atoms with Crippen molar-refractivity contribution in [2.75, 3.05) is 6.54 Å². The summed E-state index contributed by atoms with van der Waals surface area (Å²) in [4.78, 5) is 33.1. The van der Waals surface area contributed by atoms with Crippen molar-refractivity contribution in [1.29, 1.82) is 0 Å². The van der Waals surface area contributed by atoms with Crippen LogP contribution in [-0.4, -0.2) is 26.9 Å². The summed E-state index contributed by atoms with van der Waals surface area (Å²) in [5, 5.41) is 1.63. The van der Waals surface area contributed by atoms with Gasteiger partial charge in [0.1, 0.15) is 5.82 Å². The van der Waals surface area contributed by atoms with Gasteiger partial charge in [-0.1, -0.05) is 65.1 Å². The summed E-state index contributed by atoms with van der Waals surface area (Å²) in [5.41, 5.74) is 1.79. The van der Waals surface area contributed by atoms with Crippen LogP contribution < -0.4 is 5.56 Å². The van der Waals surface area contributed by atoms with E-state index in [2.05, 4.69) is 0 Å². The highest BCUT2D eigenvalue weighted by molar-refractivity contribution is 6.42. The fourth-order valence-corrected chi connectivity index (χ4v) is 4.40. The van der Waals surface area contributed by atoms with Gasteiger partial charge in [-0.05, 0) is 55.3 Å². The minimum absolute atomic E-state index is 0.200. The third-order valence-electron chi connectivity index (χ3n) is 5.83. The highest BCUT2D eigenvalue weighted by atomic mass is 35.5. The van der Waals surface area contributed by atoms with E-state index in [9.17, 15) is 9.59 Å². The maximum atomic E-state index is 13.6. The van der Waals surface area contributed by atoms with Gasteiger partial charge < -0.3 is 4.90 Å². The average molecular weight is 515 g/mol. The third-order valence-corrected chi connectivity index (χ3v) is 6.80. The lowest BCUT2D eigenvalue weighted by Crippen LogP contribution is -2.38. The zero-order valence-corrected chi connectivity index (χ0v) is 20.9. The van der Waals surface area contributed by atoms with E-state index in [0.29, 0.717) is 50.3 Å². The summed E-state index contributed by atoms with van der Waals surface area (Å²) in [7, 11) is 1.66. The second-order valence-electron chi connectivity index (χ2n) is 8.03. The molecule has 1 aromatic heterocycles. The van der Waals surface area contributed by atoms with Crippen molar-refractivity contribution >= 4 is 51.6 Å². The van der Waals surface area contributed by atoms with Gasteiger partial charge in [0.15, 0.2) is 0 Å². The van der Waals surface area contributed by atoms with Crippen LogP contribution in [0.4, 0.5) is 0 Å². The molecule has 0 spiro atoms. The van der Waals surface area contributed by atoms with E-state index in [1.165, 1.54) is 4.57 Å². The Morgan fingerprint density at radius 1 is 1.00 bits per heavy atom. The van der Waals surface area contributed by atoms with Gasteiger partial charge in [-0.25, -0.2) is 4.98 Å². The fraction of sp³-hybridized carbons (Fsp3) is 0.192. The van der Waals surface area contributed by atoms with E-state index in [1.807, 2.05) is 37.3 Å². The van der Waals surface area contributed by atoms with Gasteiger partial charge in [0.25, 0.3) is 11.5 Å². The fourth-order valence-electron chi connectivity index (χ4n) is 3.93. The molecule has 1 unspecified atom stereocenters. The predicted molar refractivity (Wildman–Crippen MR) is 138 cm³/mol. The standard InChI is InChI=1S/C26H22Cl3N3O2/c1-16(24-30-23-15-19(27)9-10-20(23)26(34)31(24)2)32(13-12-17-6-4-3-5-7-17)25(33)18-8-11-21(28)22(29)14-18/h3-11,14-16H,12-13H2,1-2H3. The van der Waals surface area contributed by atoms with Gasteiger partial charge >= 0.3 is 0 Å². The lowest BCUT2D eigenvalue weighted by Gasteiger charge is -2.30. The number of hydrogen-bond acceptors (Lipinski definition) is 3. The molecular weight excluding hydrogens is 493 g/mol. The van der Waals surface area contributed by atoms with Gasteiger partial charge in [-0.2, -0.15) is 0 Å². The van der Waals surface area contributed by atoms with Gasteiger partial charge in [-0.3, -0.25) is 14.2 Å². The second-order valence-corrected chi connectivity index (χ2v) is 9.29. The molecule has 0 saturated carbocycles. The van der Waals surface area contributed by atoms with Crippen LogP contribution in [0.1, 0.15) is 34.7 Å². The number of carbonyl (C=O) groups excluding carboxylic acids is 1. The first kappa shape index (κ1) is 24.3. The third kappa shape index (κ3) is 4.97. The van der Waals surface area contributed by atoms with Crippen molar-refractivity contribution in [3.8, 4) is 0 Å². The summed E-state index contributed by atoms with van der Waals surface area (Å²) in [5.74, 6) is 0.226. The zero-order chi connectivity index (χ0) is 24.4. The van der Waals surface area contributed by atoms with Crippen molar-refractivity contribution in [2.45, 2.75) is 19.4 Å².